The van der Waals surface area contributed by atoms with Gasteiger partial charge in [0, 0.05) is 12.3 Å². The molecule has 0 atom stereocenters. The summed E-state index contributed by atoms with van der Waals surface area (Å²) in [5, 5.41) is 0. The highest BCUT2D eigenvalue weighted by molar-refractivity contribution is 5.32. The molecule has 0 spiro atoms. The lowest BCUT2D eigenvalue weighted by molar-refractivity contribution is 0.397. The predicted octanol–water partition coefficient (Wildman–Crippen LogP) is 1.58. The predicted molar refractivity (Wildman–Crippen MR) is 42.8 cm³/mol. The van der Waals surface area contributed by atoms with Gasteiger partial charge in [0.2, 0.25) is 5.88 Å². The monoisotopic (exact) mass is 149 g/mol. The number of ether oxygens (including phenoxy) is 1. The Hall–Kier alpha value is -1.05. The van der Waals surface area contributed by atoms with Crippen LogP contribution in [0.2, 0.25) is 0 Å². The number of fused-ring (bicyclic) bond motifs is 1. The Bertz CT molecular complexity index is 270. The van der Waals surface area contributed by atoms with Gasteiger partial charge in [-0.25, -0.2) is 4.98 Å². The number of methoxy groups -OCH3 is 1. The van der Waals surface area contributed by atoms with Gasteiger partial charge in [0.05, 0.1) is 7.11 Å². The Morgan fingerprint density at radius 3 is 3.00 bits per heavy atom. The van der Waals surface area contributed by atoms with E-state index in [1.165, 1.54) is 30.4 Å². The molecule has 0 radical (unpaired) electrons. The first-order chi connectivity index (χ1) is 5.40. The van der Waals surface area contributed by atoms with Crippen LogP contribution in [0.4, 0.5) is 0 Å². The van der Waals surface area contributed by atoms with Crippen molar-refractivity contribution in [2.45, 2.75) is 19.3 Å². The van der Waals surface area contributed by atoms with Crippen molar-refractivity contribution in [1.82, 2.24) is 4.98 Å². The minimum absolute atomic E-state index is 0.741. The molecule has 2 nitrogen and oxygen atoms in total. The summed E-state index contributed by atoms with van der Waals surface area (Å²) in [5.74, 6) is 0.741. The van der Waals surface area contributed by atoms with Crippen LogP contribution in [-0.4, -0.2) is 12.1 Å². The average Bonchev–Trinajstić information content (AvgIpc) is 2.50. The molecule has 0 fully saturated rings. The molecule has 0 amide bonds. The molecule has 1 aliphatic rings. The van der Waals surface area contributed by atoms with E-state index in [0.29, 0.717) is 0 Å². The van der Waals surface area contributed by atoms with Crippen LogP contribution < -0.4 is 4.74 Å². The van der Waals surface area contributed by atoms with E-state index >= 15 is 0 Å². The Labute approximate surface area is 66.2 Å². The standard InChI is InChI=1S/C9H11NO/c1-11-9-5-7-3-2-4-8(7)6-10-9/h5-6H,2-4H2,1H3. The zero-order chi connectivity index (χ0) is 7.68. The van der Waals surface area contributed by atoms with Crippen LogP contribution in [0, 0.1) is 0 Å². The van der Waals surface area contributed by atoms with Gasteiger partial charge in [-0.15, -0.1) is 0 Å². The number of aromatic nitrogens is 1. The second-order valence-electron chi connectivity index (χ2n) is 2.85. The minimum Gasteiger partial charge on any atom is -0.481 e. The van der Waals surface area contributed by atoms with Crippen LogP contribution in [0.15, 0.2) is 12.3 Å². The molecule has 1 aromatic rings. The van der Waals surface area contributed by atoms with E-state index in [2.05, 4.69) is 4.98 Å². The van der Waals surface area contributed by atoms with Crippen molar-refractivity contribution in [1.29, 1.82) is 0 Å². The molecule has 1 heterocycles. The Morgan fingerprint density at radius 1 is 1.36 bits per heavy atom. The SMILES string of the molecule is COc1cc2c(cn1)CCC2. The maximum absolute atomic E-state index is 5.03. The summed E-state index contributed by atoms with van der Waals surface area (Å²) in [4.78, 5) is 4.15. The topological polar surface area (TPSA) is 22.1 Å². The fourth-order valence-corrected chi connectivity index (χ4v) is 1.54. The molecule has 1 aromatic heterocycles. The van der Waals surface area contributed by atoms with E-state index in [4.69, 9.17) is 4.74 Å². The van der Waals surface area contributed by atoms with Gasteiger partial charge in [-0.1, -0.05) is 0 Å². The van der Waals surface area contributed by atoms with Crippen LogP contribution >= 0.6 is 0 Å². The van der Waals surface area contributed by atoms with Crippen molar-refractivity contribution in [3.8, 4) is 5.88 Å². The minimum atomic E-state index is 0.741. The Kier molecular flexibility index (Phi) is 1.53. The first-order valence-electron chi connectivity index (χ1n) is 3.92. The van der Waals surface area contributed by atoms with Crippen LogP contribution in [-0.2, 0) is 12.8 Å². The molecule has 0 aliphatic heterocycles. The first-order valence-corrected chi connectivity index (χ1v) is 3.92. The summed E-state index contributed by atoms with van der Waals surface area (Å²) in [7, 11) is 1.66. The number of rotatable bonds is 1. The molecule has 0 unspecified atom stereocenters. The van der Waals surface area contributed by atoms with Crippen LogP contribution in [0.5, 0.6) is 5.88 Å². The molecule has 0 saturated heterocycles. The lowest BCUT2D eigenvalue weighted by atomic mass is 10.2. The number of hydrogen-bond donors (Lipinski definition) is 0. The summed E-state index contributed by atoms with van der Waals surface area (Å²) >= 11 is 0. The molecule has 2 rings (SSSR count). The van der Waals surface area contributed by atoms with E-state index < -0.39 is 0 Å². The van der Waals surface area contributed by atoms with E-state index in [1.54, 1.807) is 7.11 Å². The van der Waals surface area contributed by atoms with E-state index in [9.17, 15) is 0 Å². The number of pyridine rings is 1. The zero-order valence-electron chi connectivity index (χ0n) is 6.63. The highest BCUT2D eigenvalue weighted by Gasteiger charge is 2.11. The van der Waals surface area contributed by atoms with Crippen LogP contribution in [0.3, 0.4) is 0 Å². The van der Waals surface area contributed by atoms with Gasteiger partial charge in [0.15, 0.2) is 0 Å². The normalized spacial score (nSPS) is 14.6. The summed E-state index contributed by atoms with van der Waals surface area (Å²) < 4.78 is 5.03. The van der Waals surface area contributed by atoms with Gasteiger partial charge in [0.25, 0.3) is 0 Å². The van der Waals surface area contributed by atoms with Crippen molar-refractivity contribution in [2.75, 3.05) is 7.11 Å². The third kappa shape index (κ3) is 1.09. The average molecular weight is 149 g/mol. The highest BCUT2D eigenvalue weighted by Crippen LogP contribution is 2.23. The molecule has 0 N–H and O–H groups in total. The molecule has 0 aromatic carbocycles. The Morgan fingerprint density at radius 2 is 2.18 bits per heavy atom. The largest absolute Gasteiger partial charge is 0.481 e. The molecule has 11 heavy (non-hydrogen) atoms. The second kappa shape index (κ2) is 2.53. The summed E-state index contributed by atoms with van der Waals surface area (Å²) in [6, 6.07) is 2.04. The van der Waals surface area contributed by atoms with Crippen LogP contribution in [0.25, 0.3) is 0 Å². The molecule has 1 aliphatic carbocycles. The van der Waals surface area contributed by atoms with Crippen molar-refractivity contribution in [2.24, 2.45) is 0 Å². The van der Waals surface area contributed by atoms with E-state index in [1.807, 2.05) is 12.3 Å². The zero-order valence-corrected chi connectivity index (χ0v) is 6.63. The van der Waals surface area contributed by atoms with Crippen LogP contribution in [0.1, 0.15) is 17.5 Å². The Balaban J connectivity index is 2.41. The maximum Gasteiger partial charge on any atom is 0.213 e. The molecular formula is C9H11NO. The molecule has 2 heteroatoms. The van der Waals surface area contributed by atoms with Crippen molar-refractivity contribution >= 4 is 0 Å². The maximum atomic E-state index is 5.03. The van der Waals surface area contributed by atoms with Crippen molar-refractivity contribution in [3.63, 3.8) is 0 Å². The van der Waals surface area contributed by atoms with Gasteiger partial charge < -0.3 is 4.74 Å². The fourth-order valence-electron chi connectivity index (χ4n) is 1.54. The summed E-state index contributed by atoms with van der Waals surface area (Å²) in [6.07, 6.45) is 5.58. The smallest absolute Gasteiger partial charge is 0.213 e. The number of nitrogens with zero attached hydrogens (tertiary/aromatic N) is 1. The van der Waals surface area contributed by atoms with Gasteiger partial charge in [-0.2, -0.15) is 0 Å². The quantitative estimate of drug-likeness (QED) is 0.604. The summed E-state index contributed by atoms with van der Waals surface area (Å²) in [6.45, 7) is 0. The lowest BCUT2D eigenvalue weighted by Gasteiger charge is -2.00. The fraction of sp³-hybridized carbons (Fsp3) is 0.444. The van der Waals surface area contributed by atoms with E-state index in [0.717, 1.165) is 5.88 Å². The van der Waals surface area contributed by atoms with Gasteiger partial charge >= 0.3 is 0 Å². The molecule has 0 saturated carbocycles. The van der Waals surface area contributed by atoms with Gasteiger partial charge in [-0.3, -0.25) is 0 Å². The van der Waals surface area contributed by atoms with Crippen molar-refractivity contribution in [3.05, 3.63) is 23.4 Å². The first kappa shape index (κ1) is 6.65. The molecule has 0 bridgehead atoms. The van der Waals surface area contributed by atoms with Gasteiger partial charge in [-0.05, 0) is 30.4 Å². The third-order valence-corrected chi connectivity index (χ3v) is 2.16. The molecular weight excluding hydrogens is 138 g/mol. The second-order valence-corrected chi connectivity index (χ2v) is 2.85. The molecule has 58 valence electrons. The number of aryl methyl sites for hydroxylation is 2. The highest BCUT2D eigenvalue weighted by atomic mass is 16.5. The van der Waals surface area contributed by atoms with Gasteiger partial charge in [0.1, 0.15) is 0 Å². The van der Waals surface area contributed by atoms with E-state index in [-0.39, 0.29) is 0 Å². The summed E-state index contributed by atoms with van der Waals surface area (Å²) in [5.41, 5.74) is 2.81. The van der Waals surface area contributed by atoms with Crippen molar-refractivity contribution < 1.29 is 4.74 Å². The third-order valence-electron chi connectivity index (χ3n) is 2.16. The lowest BCUT2D eigenvalue weighted by Crippen LogP contribution is -1.90. The number of hydrogen-bond acceptors (Lipinski definition) is 2.